The van der Waals surface area contributed by atoms with Crippen LogP contribution in [0.4, 0.5) is 11.4 Å². The third-order valence-electron chi connectivity index (χ3n) is 3.07. The normalized spacial score (nSPS) is 20.2. The highest BCUT2D eigenvalue weighted by molar-refractivity contribution is 5.96. The predicted molar refractivity (Wildman–Crippen MR) is 74.8 cm³/mol. The first-order valence-electron chi connectivity index (χ1n) is 6.29. The Labute approximate surface area is 112 Å². The molecule has 0 aliphatic carbocycles. The Bertz CT molecular complexity index is 444. The summed E-state index contributed by atoms with van der Waals surface area (Å²) in [5.74, 6) is -0.184. The second-order valence-corrected chi connectivity index (χ2v) is 4.85. The van der Waals surface area contributed by atoms with Crippen LogP contribution in [-0.2, 0) is 4.74 Å². The summed E-state index contributed by atoms with van der Waals surface area (Å²) in [6.07, 6.45) is 0.0288. The van der Waals surface area contributed by atoms with E-state index >= 15 is 0 Å². The minimum absolute atomic E-state index is 0.0288. The Morgan fingerprint density at radius 1 is 1.42 bits per heavy atom. The first-order valence-corrected chi connectivity index (χ1v) is 6.29. The first kappa shape index (κ1) is 13.6. The number of carbonyl (C=O) groups excluding carboxylic acids is 1. The molecule has 1 aromatic carbocycles. The zero-order valence-electron chi connectivity index (χ0n) is 11.1. The molecule has 1 aromatic rings. The molecule has 1 aliphatic rings. The van der Waals surface area contributed by atoms with Gasteiger partial charge in [0.15, 0.2) is 0 Å². The summed E-state index contributed by atoms with van der Waals surface area (Å²) in [5.41, 5.74) is 12.8. The van der Waals surface area contributed by atoms with Crippen LogP contribution in [0.25, 0.3) is 0 Å². The summed E-state index contributed by atoms with van der Waals surface area (Å²) < 4.78 is 5.58. The van der Waals surface area contributed by atoms with Gasteiger partial charge in [0.2, 0.25) is 0 Å². The molecule has 5 N–H and O–H groups in total. The highest BCUT2D eigenvalue weighted by Crippen LogP contribution is 2.13. The lowest BCUT2D eigenvalue weighted by atomic mass is 10.1. The molecule has 1 atom stereocenters. The van der Waals surface area contributed by atoms with Gasteiger partial charge in [-0.2, -0.15) is 0 Å². The van der Waals surface area contributed by atoms with E-state index in [2.05, 4.69) is 10.2 Å². The van der Waals surface area contributed by atoms with Crippen LogP contribution in [0.5, 0.6) is 0 Å². The van der Waals surface area contributed by atoms with Gasteiger partial charge in [-0.05, 0) is 25.2 Å². The van der Waals surface area contributed by atoms with E-state index in [4.69, 9.17) is 16.2 Å². The summed E-state index contributed by atoms with van der Waals surface area (Å²) >= 11 is 0. The lowest BCUT2D eigenvalue weighted by molar-refractivity contribution is -0.0175. The maximum absolute atomic E-state index is 12.0. The van der Waals surface area contributed by atoms with Crippen molar-refractivity contribution < 1.29 is 9.53 Å². The van der Waals surface area contributed by atoms with Gasteiger partial charge in [0, 0.05) is 36.6 Å². The molecule has 104 valence electrons. The molecule has 19 heavy (non-hydrogen) atoms. The van der Waals surface area contributed by atoms with Crippen molar-refractivity contribution in [1.82, 2.24) is 10.2 Å². The maximum Gasteiger partial charge on any atom is 0.251 e. The van der Waals surface area contributed by atoms with Crippen LogP contribution < -0.4 is 16.8 Å². The Balaban J connectivity index is 1.90. The fourth-order valence-electron chi connectivity index (χ4n) is 2.11. The summed E-state index contributed by atoms with van der Waals surface area (Å²) in [4.78, 5) is 14.2. The first-order chi connectivity index (χ1) is 9.04. The van der Waals surface area contributed by atoms with Gasteiger partial charge in [-0.15, -0.1) is 0 Å². The molecular formula is C13H20N4O2. The standard InChI is InChI=1S/C13H20N4O2/c1-17-2-3-19-12(8-17)7-16-13(18)9-4-10(14)6-11(15)5-9/h4-6,12H,2-3,7-8,14-15H2,1H3,(H,16,18). The average molecular weight is 264 g/mol. The predicted octanol–water partition coefficient (Wildman–Crippen LogP) is -0.0886. The number of benzene rings is 1. The molecule has 1 saturated heterocycles. The van der Waals surface area contributed by atoms with Gasteiger partial charge in [-0.25, -0.2) is 0 Å². The van der Waals surface area contributed by atoms with Crippen LogP contribution in [0.15, 0.2) is 18.2 Å². The number of nitrogen functional groups attached to an aromatic ring is 2. The highest BCUT2D eigenvalue weighted by Gasteiger charge is 2.18. The van der Waals surface area contributed by atoms with Crippen molar-refractivity contribution >= 4 is 17.3 Å². The minimum atomic E-state index is -0.184. The molecule has 6 nitrogen and oxygen atoms in total. The molecule has 0 spiro atoms. The molecule has 1 fully saturated rings. The smallest absolute Gasteiger partial charge is 0.251 e. The number of nitrogens with one attached hydrogen (secondary N) is 1. The fourth-order valence-corrected chi connectivity index (χ4v) is 2.11. The molecule has 1 amide bonds. The lowest BCUT2D eigenvalue weighted by Crippen LogP contribution is -2.45. The highest BCUT2D eigenvalue weighted by atomic mass is 16.5. The van der Waals surface area contributed by atoms with Crippen molar-refractivity contribution in [3.05, 3.63) is 23.8 Å². The van der Waals surface area contributed by atoms with E-state index in [0.29, 0.717) is 30.1 Å². The minimum Gasteiger partial charge on any atom is -0.399 e. The van der Waals surface area contributed by atoms with Gasteiger partial charge >= 0.3 is 0 Å². The van der Waals surface area contributed by atoms with E-state index in [1.54, 1.807) is 18.2 Å². The van der Waals surface area contributed by atoms with Gasteiger partial charge in [0.25, 0.3) is 5.91 Å². The van der Waals surface area contributed by atoms with Crippen molar-refractivity contribution in [3.63, 3.8) is 0 Å². The number of likely N-dealkylation sites (N-methyl/N-ethyl adjacent to an activating group) is 1. The van der Waals surface area contributed by atoms with E-state index in [-0.39, 0.29) is 12.0 Å². The third kappa shape index (κ3) is 3.84. The van der Waals surface area contributed by atoms with Gasteiger partial charge in [-0.3, -0.25) is 4.79 Å². The Morgan fingerprint density at radius 3 is 2.74 bits per heavy atom. The molecule has 0 aromatic heterocycles. The van der Waals surface area contributed by atoms with Crippen LogP contribution in [0.2, 0.25) is 0 Å². The average Bonchev–Trinajstić information content (AvgIpc) is 2.35. The van der Waals surface area contributed by atoms with Crippen LogP contribution in [0.3, 0.4) is 0 Å². The Kier molecular flexibility index (Phi) is 4.24. The number of rotatable bonds is 3. The third-order valence-corrected chi connectivity index (χ3v) is 3.07. The second-order valence-electron chi connectivity index (χ2n) is 4.85. The molecule has 0 bridgehead atoms. The van der Waals surface area contributed by atoms with Crippen molar-refractivity contribution in [2.24, 2.45) is 0 Å². The van der Waals surface area contributed by atoms with Crippen molar-refractivity contribution in [2.45, 2.75) is 6.10 Å². The molecular weight excluding hydrogens is 244 g/mol. The number of ether oxygens (including phenoxy) is 1. The topological polar surface area (TPSA) is 93.6 Å². The van der Waals surface area contributed by atoms with Crippen molar-refractivity contribution in [1.29, 1.82) is 0 Å². The summed E-state index contributed by atoms with van der Waals surface area (Å²) in [7, 11) is 2.04. The molecule has 6 heteroatoms. The Morgan fingerprint density at radius 2 is 2.11 bits per heavy atom. The van der Waals surface area contributed by atoms with Crippen LogP contribution in [0, 0.1) is 0 Å². The number of anilines is 2. The summed E-state index contributed by atoms with van der Waals surface area (Å²) in [6, 6.07) is 4.84. The van der Waals surface area contributed by atoms with E-state index in [0.717, 1.165) is 13.1 Å². The monoisotopic (exact) mass is 264 g/mol. The number of carbonyl (C=O) groups is 1. The van der Waals surface area contributed by atoms with E-state index in [1.165, 1.54) is 0 Å². The quantitative estimate of drug-likeness (QED) is 0.663. The maximum atomic E-state index is 12.0. The van der Waals surface area contributed by atoms with Gasteiger partial charge in [-0.1, -0.05) is 0 Å². The van der Waals surface area contributed by atoms with Gasteiger partial charge in [0.1, 0.15) is 0 Å². The van der Waals surface area contributed by atoms with Crippen molar-refractivity contribution in [2.75, 3.05) is 44.8 Å². The number of hydrogen-bond acceptors (Lipinski definition) is 5. The van der Waals surface area contributed by atoms with Crippen LogP contribution in [-0.4, -0.2) is 50.2 Å². The van der Waals surface area contributed by atoms with Crippen LogP contribution >= 0.6 is 0 Å². The zero-order valence-corrected chi connectivity index (χ0v) is 11.1. The largest absolute Gasteiger partial charge is 0.399 e. The van der Waals surface area contributed by atoms with Gasteiger partial charge < -0.3 is 26.4 Å². The Hall–Kier alpha value is -1.79. The van der Waals surface area contributed by atoms with E-state index in [9.17, 15) is 4.79 Å². The summed E-state index contributed by atoms with van der Waals surface area (Å²) in [6.45, 7) is 2.93. The van der Waals surface area contributed by atoms with E-state index in [1.807, 2.05) is 7.05 Å². The van der Waals surface area contributed by atoms with Gasteiger partial charge in [0.05, 0.1) is 12.7 Å². The number of nitrogens with zero attached hydrogens (tertiary/aromatic N) is 1. The second kappa shape index (κ2) is 5.90. The zero-order chi connectivity index (χ0) is 13.8. The number of nitrogens with two attached hydrogens (primary N) is 2. The number of hydrogen-bond donors (Lipinski definition) is 3. The fraction of sp³-hybridized carbons (Fsp3) is 0.462. The molecule has 0 saturated carbocycles. The molecule has 1 unspecified atom stereocenters. The van der Waals surface area contributed by atoms with Crippen molar-refractivity contribution in [3.8, 4) is 0 Å². The molecule has 0 radical (unpaired) electrons. The van der Waals surface area contributed by atoms with Crippen LogP contribution in [0.1, 0.15) is 10.4 Å². The molecule has 2 rings (SSSR count). The lowest BCUT2D eigenvalue weighted by Gasteiger charge is -2.30. The molecule has 1 aliphatic heterocycles. The molecule has 1 heterocycles. The SMILES string of the molecule is CN1CCOC(CNC(=O)c2cc(N)cc(N)c2)C1. The van der Waals surface area contributed by atoms with E-state index < -0.39 is 0 Å². The number of morpholine rings is 1. The summed E-state index contributed by atoms with van der Waals surface area (Å²) in [5, 5.41) is 2.84. The number of amides is 1.